The molecule has 27 heavy (non-hydrogen) atoms. The second-order valence-electron chi connectivity index (χ2n) is 7.08. The van der Waals surface area contributed by atoms with Crippen LogP contribution in [0.1, 0.15) is 29.0 Å². The summed E-state index contributed by atoms with van der Waals surface area (Å²) in [5.41, 5.74) is 2.69. The van der Waals surface area contributed by atoms with Gasteiger partial charge in [0.05, 0.1) is 6.54 Å². The fourth-order valence-electron chi connectivity index (χ4n) is 3.70. The van der Waals surface area contributed by atoms with Crippen molar-refractivity contribution in [2.45, 2.75) is 19.3 Å². The molecule has 0 aliphatic carbocycles. The third-order valence-electron chi connectivity index (χ3n) is 5.34. The number of hydrogen-bond donors (Lipinski definition) is 0. The lowest BCUT2D eigenvalue weighted by Crippen LogP contribution is -2.37. The average molecular weight is 369 g/mol. The first kappa shape index (κ1) is 17.6. The number of rotatable bonds is 4. The molecule has 1 aromatic heterocycles. The Morgan fingerprint density at radius 3 is 2.67 bits per heavy atom. The van der Waals surface area contributed by atoms with E-state index in [1.165, 1.54) is 4.68 Å². The fraction of sp³-hybridized carbons (Fsp3) is 0.500. The maximum absolute atomic E-state index is 12.8. The highest BCUT2D eigenvalue weighted by molar-refractivity contribution is 6.05. The Labute approximate surface area is 157 Å². The summed E-state index contributed by atoms with van der Waals surface area (Å²) in [6.45, 7) is 2.98. The number of nitrogens with zero attached hydrogens (tertiary/aromatic N) is 7. The van der Waals surface area contributed by atoms with Gasteiger partial charge in [-0.25, -0.2) is 4.68 Å². The summed E-state index contributed by atoms with van der Waals surface area (Å²) >= 11 is 0. The molecule has 0 N–H and O–H groups in total. The molecule has 1 fully saturated rings. The van der Waals surface area contributed by atoms with Gasteiger partial charge in [0.1, 0.15) is 0 Å². The van der Waals surface area contributed by atoms with Gasteiger partial charge in [0, 0.05) is 32.0 Å². The molecule has 1 saturated heterocycles. The zero-order valence-corrected chi connectivity index (χ0v) is 15.6. The summed E-state index contributed by atoms with van der Waals surface area (Å²) in [4.78, 5) is 31.0. The van der Waals surface area contributed by atoms with E-state index in [0.717, 1.165) is 49.3 Å². The van der Waals surface area contributed by atoms with Gasteiger partial charge < -0.3 is 9.80 Å². The molecule has 9 nitrogen and oxygen atoms in total. The van der Waals surface area contributed by atoms with Crippen LogP contribution < -0.4 is 9.80 Å². The molecule has 0 unspecified atom stereocenters. The lowest BCUT2D eigenvalue weighted by Gasteiger charge is -2.23. The minimum absolute atomic E-state index is 0.0604. The SMILES string of the molecule is CN(C(=O)CN1CCCC1)c1ccc2c(c1)N(C(=O)c1nnnn1C)CC2. The van der Waals surface area contributed by atoms with Crippen LogP contribution in [0.5, 0.6) is 0 Å². The van der Waals surface area contributed by atoms with Crippen LogP contribution in [-0.4, -0.2) is 70.1 Å². The highest BCUT2D eigenvalue weighted by Gasteiger charge is 2.29. The number of amides is 2. The van der Waals surface area contributed by atoms with Crippen LogP contribution in [0, 0.1) is 0 Å². The number of anilines is 2. The third kappa shape index (κ3) is 3.30. The first-order chi connectivity index (χ1) is 13.0. The van der Waals surface area contributed by atoms with Crippen LogP contribution in [0.2, 0.25) is 0 Å². The Kier molecular flexibility index (Phi) is 4.61. The van der Waals surface area contributed by atoms with E-state index in [9.17, 15) is 9.59 Å². The summed E-state index contributed by atoms with van der Waals surface area (Å²) in [7, 11) is 3.43. The number of tetrazole rings is 1. The molecule has 2 amide bonds. The maximum atomic E-state index is 12.8. The van der Waals surface area contributed by atoms with Crippen molar-refractivity contribution in [3.05, 3.63) is 29.6 Å². The first-order valence-electron chi connectivity index (χ1n) is 9.20. The van der Waals surface area contributed by atoms with E-state index in [4.69, 9.17) is 0 Å². The topological polar surface area (TPSA) is 87.5 Å². The van der Waals surface area contributed by atoms with E-state index >= 15 is 0 Å². The van der Waals surface area contributed by atoms with Crippen molar-refractivity contribution in [1.29, 1.82) is 0 Å². The zero-order chi connectivity index (χ0) is 19.0. The molecule has 0 bridgehead atoms. The van der Waals surface area contributed by atoms with Crippen LogP contribution in [0.3, 0.4) is 0 Å². The van der Waals surface area contributed by atoms with Gasteiger partial charge in [-0.2, -0.15) is 0 Å². The minimum Gasteiger partial charge on any atom is -0.314 e. The quantitative estimate of drug-likeness (QED) is 0.779. The number of carbonyl (C=O) groups is 2. The monoisotopic (exact) mass is 369 g/mol. The highest BCUT2D eigenvalue weighted by atomic mass is 16.2. The van der Waals surface area contributed by atoms with Gasteiger partial charge in [-0.3, -0.25) is 14.5 Å². The van der Waals surface area contributed by atoms with Gasteiger partial charge in [-0.15, -0.1) is 5.10 Å². The number of carbonyl (C=O) groups excluding carboxylic acids is 2. The van der Waals surface area contributed by atoms with Crippen molar-refractivity contribution in [3.63, 3.8) is 0 Å². The normalized spacial score (nSPS) is 16.6. The van der Waals surface area contributed by atoms with Crippen molar-refractivity contribution in [2.24, 2.45) is 7.05 Å². The second-order valence-corrected chi connectivity index (χ2v) is 7.08. The van der Waals surface area contributed by atoms with Crippen LogP contribution in [0.25, 0.3) is 0 Å². The number of benzene rings is 1. The predicted molar refractivity (Wildman–Crippen MR) is 99.7 cm³/mol. The average Bonchev–Trinajstić information content (AvgIpc) is 3.40. The third-order valence-corrected chi connectivity index (χ3v) is 5.34. The Bertz CT molecular complexity index is 872. The lowest BCUT2D eigenvalue weighted by atomic mass is 10.1. The van der Waals surface area contributed by atoms with Gasteiger partial charge in [-0.05, 0) is 60.5 Å². The lowest BCUT2D eigenvalue weighted by molar-refractivity contribution is -0.119. The molecular weight excluding hydrogens is 346 g/mol. The smallest absolute Gasteiger partial charge is 0.297 e. The molecule has 0 atom stereocenters. The summed E-state index contributed by atoms with van der Waals surface area (Å²) in [6.07, 6.45) is 3.09. The number of aryl methyl sites for hydroxylation is 1. The molecule has 3 heterocycles. The molecular formula is C18H23N7O2. The van der Waals surface area contributed by atoms with Gasteiger partial charge in [-0.1, -0.05) is 6.07 Å². The molecule has 0 spiro atoms. The van der Waals surface area contributed by atoms with E-state index in [1.807, 2.05) is 18.2 Å². The molecule has 142 valence electrons. The number of likely N-dealkylation sites (tertiary alicyclic amines) is 1. The summed E-state index contributed by atoms with van der Waals surface area (Å²) in [6, 6.07) is 5.84. The molecule has 4 rings (SSSR count). The van der Waals surface area contributed by atoms with Crippen molar-refractivity contribution in [1.82, 2.24) is 25.1 Å². The van der Waals surface area contributed by atoms with Crippen molar-refractivity contribution >= 4 is 23.2 Å². The Hall–Kier alpha value is -2.81. The van der Waals surface area contributed by atoms with Crippen LogP contribution in [0.15, 0.2) is 18.2 Å². The van der Waals surface area contributed by atoms with E-state index in [2.05, 4.69) is 20.4 Å². The fourth-order valence-corrected chi connectivity index (χ4v) is 3.70. The number of hydrogen-bond acceptors (Lipinski definition) is 6. The second kappa shape index (κ2) is 7.07. The van der Waals surface area contributed by atoms with Gasteiger partial charge in [0.25, 0.3) is 5.91 Å². The number of likely N-dealkylation sites (N-methyl/N-ethyl adjacent to an activating group) is 1. The van der Waals surface area contributed by atoms with Crippen LogP contribution >= 0.6 is 0 Å². The first-order valence-corrected chi connectivity index (χ1v) is 9.20. The molecule has 2 aromatic rings. The summed E-state index contributed by atoms with van der Waals surface area (Å²) < 4.78 is 1.37. The van der Waals surface area contributed by atoms with E-state index < -0.39 is 0 Å². The van der Waals surface area contributed by atoms with Gasteiger partial charge >= 0.3 is 0 Å². The van der Waals surface area contributed by atoms with Crippen molar-refractivity contribution < 1.29 is 9.59 Å². The van der Waals surface area contributed by atoms with E-state index in [0.29, 0.717) is 13.1 Å². The van der Waals surface area contributed by atoms with E-state index in [1.54, 1.807) is 23.9 Å². The van der Waals surface area contributed by atoms with Crippen molar-refractivity contribution in [2.75, 3.05) is 43.0 Å². The molecule has 2 aliphatic rings. The minimum atomic E-state index is -0.232. The molecule has 9 heteroatoms. The summed E-state index contributed by atoms with van der Waals surface area (Å²) in [5.74, 6) is 0.0291. The number of fused-ring (bicyclic) bond motifs is 1. The van der Waals surface area contributed by atoms with Crippen LogP contribution in [-0.2, 0) is 18.3 Å². The van der Waals surface area contributed by atoms with Crippen molar-refractivity contribution in [3.8, 4) is 0 Å². The molecule has 0 radical (unpaired) electrons. The van der Waals surface area contributed by atoms with Crippen LogP contribution in [0.4, 0.5) is 11.4 Å². The predicted octanol–water partition coefficient (Wildman–Crippen LogP) is 0.472. The Morgan fingerprint density at radius 2 is 1.96 bits per heavy atom. The molecule has 1 aromatic carbocycles. The standard InChI is InChI=1S/C18H23N7O2/c1-22(16(26)12-24-8-3-4-9-24)14-6-5-13-7-10-25(15(13)11-14)18(27)17-19-20-21-23(17)2/h5-6,11H,3-4,7-10,12H2,1-2H3. The van der Waals surface area contributed by atoms with E-state index in [-0.39, 0.29) is 17.6 Å². The molecule has 0 saturated carbocycles. The Balaban J connectivity index is 1.54. The largest absolute Gasteiger partial charge is 0.314 e. The summed E-state index contributed by atoms with van der Waals surface area (Å²) in [5, 5.41) is 11.1. The number of aromatic nitrogens is 4. The maximum Gasteiger partial charge on any atom is 0.297 e. The molecule has 2 aliphatic heterocycles. The van der Waals surface area contributed by atoms with Gasteiger partial charge in [0.15, 0.2) is 0 Å². The highest BCUT2D eigenvalue weighted by Crippen LogP contribution is 2.32. The Morgan fingerprint density at radius 1 is 1.19 bits per heavy atom. The van der Waals surface area contributed by atoms with Gasteiger partial charge in [0.2, 0.25) is 11.7 Å². The zero-order valence-electron chi connectivity index (χ0n) is 15.6.